The lowest BCUT2D eigenvalue weighted by molar-refractivity contribution is 0.0714. The highest BCUT2D eigenvalue weighted by atomic mass is 16.7. The molecule has 0 spiro atoms. The molecule has 0 bridgehead atoms. The van der Waals surface area contributed by atoms with Crippen LogP contribution in [0.1, 0.15) is 65.5 Å². The van der Waals surface area contributed by atoms with Gasteiger partial charge in [-0.05, 0) is 67.8 Å². The minimum atomic E-state index is -0.682. The molecule has 0 saturated carbocycles. The minimum absolute atomic E-state index is 0.0633. The number of aryl methyl sites for hydroxylation is 1. The van der Waals surface area contributed by atoms with E-state index in [1.54, 1.807) is 17.0 Å². The van der Waals surface area contributed by atoms with Gasteiger partial charge in [-0.2, -0.15) is 0 Å². The van der Waals surface area contributed by atoms with E-state index in [1.807, 2.05) is 56.3 Å². The van der Waals surface area contributed by atoms with Gasteiger partial charge in [0.1, 0.15) is 5.58 Å². The first kappa shape index (κ1) is 25.8. The Morgan fingerprint density at radius 2 is 1.77 bits per heavy atom. The number of fused-ring (bicyclic) bond motifs is 3. The predicted octanol–water partition coefficient (Wildman–Crippen LogP) is 6.15. The molecule has 1 unspecified atom stereocenters. The SMILES string of the molecule is CCCCOc1ccc(C2c3c(oc4ccc(C)cc4c3=O)C(=O)N2Cc2ccc3c(c2)OCO3)cc1OCC. The van der Waals surface area contributed by atoms with Gasteiger partial charge in [-0.15, -0.1) is 0 Å². The van der Waals surface area contributed by atoms with Crippen molar-refractivity contribution in [3.8, 4) is 23.0 Å². The van der Waals surface area contributed by atoms with Crippen LogP contribution in [0, 0.1) is 6.92 Å². The molecule has 2 aliphatic heterocycles. The Hall–Kier alpha value is -4.46. The molecule has 0 aliphatic carbocycles. The fraction of sp³-hybridized carbons (Fsp3) is 0.312. The monoisotopic (exact) mass is 541 g/mol. The summed E-state index contributed by atoms with van der Waals surface area (Å²) < 4.78 is 29.1. The summed E-state index contributed by atoms with van der Waals surface area (Å²) in [4.78, 5) is 29.6. The van der Waals surface area contributed by atoms with Crippen molar-refractivity contribution in [1.29, 1.82) is 0 Å². The van der Waals surface area contributed by atoms with E-state index < -0.39 is 6.04 Å². The highest BCUT2D eigenvalue weighted by Crippen LogP contribution is 2.42. The van der Waals surface area contributed by atoms with Gasteiger partial charge in [0.15, 0.2) is 28.4 Å². The van der Waals surface area contributed by atoms with Crippen LogP contribution in [0.4, 0.5) is 0 Å². The molecule has 0 radical (unpaired) electrons. The predicted molar refractivity (Wildman–Crippen MR) is 150 cm³/mol. The van der Waals surface area contributed by atoms with Gasteiger partial charge in [-0.1, -0.05) is 37.1 Å². The van der Waals surface area contributed by atoms with Crippen LogP contribution in [-0.2, 0) is 6.54 Å². The third-order valence-corrected chi connectivity index (χ3v) is 7.25. The van der Waals surface area contributed by atoms with Crippen LogP contribution in [0.3, 0.4) is 0 Å². The molecular formula is C32H31NO7. The third-order valence-electron chi connectivity index (χ3n) is 7.25. The molecular weight excluding hydrogens is 510 g/mol. The van der Waals surface area contributed by atoms with Gasteiger partial charge in [-0.25, -0.2) is 0 Å². The molecule has 1 atom stereocenters. The Morgan fingerprint density at radius 3 is 2.60 bits per heavy atom. The molecule has 4 aromatic rings. The Morgan fingerprint density at radius 1 is 0.925 bits per heavy atom. The lowest BCUT2D eigenvalue weighted by Crippen LogP contribution is -2.29. The van der Waals surface area contributed by atoms with Crippen molar-refractivity contribution in [1.82, 2.24) is 4.90 Å². The van der Waals surface area contributed by atoms with Crippen LogP contribution in [-0.4, -0.2) is 30.8 Å². The lowest BCUT2D eigenvalue weighted by Gasteiger charge is -2.26. The Bertz CT molecular complexity index is 1660. The molecule has 206 valence electrons. The average Bonchev–Trinajstić information content (AvgIpc) is 3.53. The molecule has 8 nitrogen and oxygen atoms in total. The van der Waals surface area contributed by atoms with Crippen molar-refractivity contribution in [2.24, 2.45) is 0 Å². The Labute approximate surface area is 232 Å². The van der Waals surface area contributed by atoms with Crippen molar-refractivity contribution in [3.63, 3.8) is 0 Å². The largest absolute Gasteiger partial charge is 0.490 e. The van der Waals surface area contributed by atoms with Gasteiger partial charge in [0.2, 0.25) is 12.6 Å². The van der Waals surface area contributed by atoms with E-state index in [2.05, 4.69) is 6.92 Å². The number of nitrogens with zero attached hydrogens (tertiary/aromatic N) is 1. The van der Waals surface area contributed by atoms with E-state index in [1.165, 1.54) is 0 Å². The van der Waals surface area contributed by atoms with Crippen LogP contribution in [0.5, 0.6) is 23.0 Å². The van der Waals surface area contributed by atoms with E-state index in [9.17, 15) is 9.59 Å². The topological polar surface area (TPSA) is 87.4 Å². The zero-order valence-corrected chi connectivity index (χ0v) is 22.8. The maximum absolute atomic E-state index is 14.0. The van der Waals surface area contributed by atoms with Crippen LogP contribution >= 0.6 is 0 Å². The standard InChI is InChI=1S/C32H31NO7/c1-4-6-13-37-24-12-9-21(16-27(24)36-5-2)29-28-30(34)22-14-19(3)7-10-23(22)40-31(28)32(35)33(29)17-20-8-11-25-26(15-20)39-18-38-25/h7-12,14-16,29H,4-6,13,17-18H2,1-3H3. The number of hydrogen-bond donors (Lipinski definition) is 0. The van der Waals surface area contributed by atoms with Gasteiger partial charge in [0, 0.05) is 6.54 Å². The van der Waals surface area contributed by atoms with Gasteiger partial charge < -0.3 is 28.3 Å². The Kier molecular flexibility index (Phi) is 6.84. The number of ether oxygens (including phenoxy) is 4. The molecule has 40 heavy (non-hydrogen) atoms. The first-order valence-electron chi connectivity index (χ1n) is 13.6. The molecule has 1 aromatic heterocycles. The van der Waals surface area contributed by atoms with Crippen molar-refractivity contribution < 1.29 is 28.2 Å². The fourth-order valence-corrected chi connectivity index (χ4v) is 5.29. The summed E-state index contributed by atoms with van der Waals surface area (Å²) in [5, 5.41) is 0.450. The molecule has 3 heterocycles. The molecule has 0 fully saturated rings. The van der Waals surface area contributed by atoms with E-state index in [-0.39, 0.29) is 30.4 Å². The van der Waals surface area contributed by atoms with Gasteiger partial charge in [0.25, 0.3) is 5.91 Å². The molecule has 0 N–H and O–H groups in total. The number of rotatable bonds is 9. The normalized spacial score (nSPS) is 15.5. The summed E-state index contributed by atoms with van der Waals surface area (Å²) in [5.74, 6) is 2.20. The van der Waals surface area contributed by atoms with E-state index in [0.29, 0.717) is 52.7 Å². The van der Waals surface area contributed by atoms with Crippen LogP contribution < -0.4 is 24.4 Å². The zero-order valence-electron chi connectivity index (χ0n) is 22.8. The van der Waals surface area contributed by atoms with Gasteiger partial charge >= 0.3 is 0 Å². The van der Waals surface area contributed by atoms with Gasteiger partial charge in [0.05, 0.1) is 30.2 Å². The Balaban J connectivity index is 1.48. The highest BCUT2D eigenvalue weighted by molar-refractivity contribution is 5.99. The third kappa shape index (κ3) is 4.53. The number of hydrogen-bond acceptors (Lipinski definition) is 7. The summed E-state index contributed by atoms with van der Waals surface area (Å²) in [6.07, 6.45) is 1.94. The number of amides is 1. The van der Waals surface area contributed by atoms with Crippen LogP contribution in [0.15, 0.2) is 63.8 Å². The van der Waals surface area contributed by atoms with E-state index >= 15 is 0 Å². The van der Waals surface area contributed by atoms with Crippen LogP contribution in [0.2, 0.25) is 0 Å². The molecule has 6 rings (SSSR count). The summed E-state index contributed by atoms with van der Waals surface area (Å²) in [5.41, 5.74) is 3.01. The molecule has 3 aromatic carbocycles. The van der Waals surface area contributed by atoms with Crippen molar-refractivity contribution in [2.45, 2.75) is 46.2 Å². The average molecular weight is 542 g/mol. The van der Waals surface area contributed by atoms with E-state index in [0.717, 1.165) is 29.5 Å². The number of carbonyl (C=O) groups is 1. The number of unbranched alkanes of at least 4 members (excludes halogenated alkanes) is 1. The maximum atomic E-state index is 14.0. The summed E-state index contributed by atoms with van der Waals surface area (Å²) >= 11 is 0. The van der Waals surface area contributed by atoms with Crippen molar-refractivity contribution in [3.05, 3.63) is 92.8 Å². The molecule has 2 aliphatic rings. The molecule has 8 heteroatoms. The second kappa shape index (κ2) is 10.6. The quantitative estimate of drug-likeness (QED) is 0.235. The highest BCUT2D eigenvalue weighted by Gasteiger charge is 2.43. The molecule has 1 amide bonds. The fourth-order valence-electron chi connectivity index (χ4n) is 5.29. The summed E-state index contributed by atoms with van der Waals surface area (Å²) in [6.45, 7) is 7.35. The lowest BCUT2D eigenvalue weighted by atomic mass is 9.97. The van der Waals surface area contributed by atoms with E-state index in [4.69, 9.17) is 23.4 Å². The second-order valence-corrected chi connectivity index (χ2v) is 10.0. The first-order chi connectivity index (χ1) is 19.5. The minimum Gasteiger partial charge on any atom is -0.490 e. The van der Waals surface area contributed by atoms with Gasteiger partial charge in [-0.3, -0.25) is 9.59 Å². The number of carbonyl (C=O) groups excluding carboxylic acids is 1. The smallest absolute Gasteiger partial charge is 0.291 e. The molecule has 0 saturated heterocycles. The zero-order chi connectivity index (χ0) is 27.8. The van der Waals surface area contributed by atoms with Crippen molar-refractivity contribution in [2.75, 3.05) is 20.0 Å². The summed E-state index contributed by atoms with van der Waals surface area (Å²) in [7, 11) is 0. The maximum Gasteiger partial charge on any atom is 0.291 e. The number of benzene rings is 3. The first-order valence-corrected chi connectivity index (χ1v) is 13.6. The van der Waals surface area contributed by atoms with Crippen LogP contribution in [0.25, 0.3) is 11.0 Å². The van der Waals surface area contributed by atoms with Crippen molar-refractivity contribution >= 4 is 16.9 Å². The second-order valence-electron chi connectivity index (χ2n) is 10.0. The summed E-state index contributed by atoms with van der Waals surface area (Å²) in [6, 6.07) is 15.9.